The lowest BCUT2D eigenvalue weighted by Gasteiger charge is -2.21. The van der Waals surface area contributed by atoms with E-state index < -0.39 is 10.4 Å². The smallest absolute Gasteiger partial charge is 0.179 e. The molecular formula is C18H21ClN2O3S. The van der Waals surface area contributed by atoms with Crippen LogP contribution >= 0.6 is 11.6 Å². The van der Waals surface area contributed by atoms with E-state index in [2.05, 4.69) is 4.90 Å². The minimum Gasteiger partial charge on any atom is -0.593 e. The van der Waals surface area contributed by atoms with Gasteiger partial charge in [0.05, 0.1) is 0 Å². The molecule has 0 saturated carbocycles. The second-order valence-electron chi connectivity index (χ2n) is 6.25. The third-order valence-corrected chi connectivity index (χ3v) is 6.22. The molecule has 7 heteroatoms. The molecule has 0 spiro atoms. The molecule has 2 aromatic carbocycles. The summed E-state index contributed by atoms with van der Waals surface area (Å²) in [6.07, 6.45) is 0. The van der Waals surface area contributed by atoms with Crippen LogP contribution in [0.25, 0.3) is 0 Å². The molecule has 2 aromatic rings. The average Bonchev–Trinajstić information content (AvgIpc) is 2.75. The highest BCUT2D eigenvalue weighted by molar-refractivity contribution is 7.95. The second kappa shape index (κ2) is 7.43. The van der Waals surface area contributed by atoms with Gasteiger partial charge in [0.25, 0.3) is 0 Å². The molecule has 134 valence electrons. The van der Waals surface area contributed by atoms with Gasteiger partial charge >= 0.3 is 0 Å². The van der Waals surface area contributed by atoms with Crippen LogP contribution in [-0.2, 0) is 27.7 Å². The Balaban J connectivity index is 1.81. The lowest BCUT2D eigenvalue weighted by molar-refractivity contribution is 0.219. The number of nitrogens with zero attached hydrogens (tertiary/aromatic N) is 2. The van der Waals surface area contributed by atoms with Crippen molar-refractivity contribution in [2.75, 3.05) is 27.2 Å². The van der Waals surface area contributed by atoms with Crippen molar-refractivity contribution in [3.63, 3.8) is 0 Å². The first-order valence-electron chi connectivity index (χ1n) is 8.01. The van der Waals surface area contributed by atoms with E-state index in [1.807, 2.05) is 30.3 Å². The van der Waals surface area contributed by atoms with Gasteiger partial charge in [-0.05, 0) is 29.8 Å². The Bertz CT molecular complexity index is 813. The van der Waals surface area contributed by atoms with Crippen LogP contribution in [-0.4, -0.2) is 41.0 Å². The first kappa shape index (κ1) is 18.4. The number of ether oxygens (including phenoxy) is 1. The highest BCUT2D eigenvalue weighted by Crippen LogP contribution is 2.29. The molecular weight excluding hydrogens is 360 g/mol. The molecule has 0 fully saturated rings. The molecule has 0 saturated heterocycles. The Kier molecular flexibility index (Phi) is 5.46. The molecule has 3 rings (SSSR count). The Labute approximate surface area is 154 Å². The molecule has 1 aliphatic heterocycles. The predicted molar refractivity (Wildman–Crippen MR) is 98.3 cm³/mol. The average molecular weight is 381 g/mol. The zero-order valence-corrected chi connectivity index (χ0v) is 15.8. The molecule has 25 heavy (non-hydrogen) atoms. The quantitative estimate of drug-likeness (QED) is 0.764. The van der Waals surface area contributed by atoms with Crippen LogP contribution in [0.4, 0.5) is 0 Å². The van der Waals surface area contributed by atoms with Gasteiger partial charge in [-0.3, -0.25) is 4.90 Å². The van der Waals surface area contributed by atoms with Gasteiger partial charge in [-0.1, -0.05) is 27.9 Å². The van der Waals surface area contributed by atoms with E-state index in [1.165, 1.54) is 18.4 Å². The van der Waals surface area contributed by atoms with Crippen LogP contribution in [0, 0.1) is 0 Å². The third kappa shape index (κ3) is 4.22. The highest BCUT2D eigenvalue weighted by atomic mass is 35.5. The molecule has 1 heterocycles. The summed E-state index contributed by atoms with van der Waals surface area (Å²) in [5.74, 6) is 0.636. The van der Waals surface area contributed by atoms with Crippen molar-refractivity contribution in [2.45, 2.75) is 18.0 Å². The molecule has 0 N–H and O–H groups in total. The van der Waals surface area contributed by atoms with E-state index in [-0.39, 0.29) is 4.90 Å². The normalized spacial score (nSPS) is 17.5. The molecule has 0 aromatic heterocycles. The summed E-state index contributed by atoms with van der Waals surface area (Å²) in [4.78, 5) is 2.51. The lowest BCUT2D eigenvalue weighted by atomic mass is 10.1. The van der Waals surface area contributed by atoms with E-state index in [9.17, 15) is 8.76 Å². The van der Waals surface area contributed by atoms with Gasteiger partial charge in [0.2, 0.25) is 0 Å². The summed E-state index contributed by atoms with van der Waals surface area (Å²) in [7, 11) is -0.419. The maximum atomic E-state index is 12.3. The lowest BCUT2D eigenvalue weighted by Crippen LogP contribution is -2.29. The minimum absolute atomic E-state index is 0.250. The van der Waals surface area contributed by atoms with E-state index in [1.54, 1.807) is 12.1 Å². The second-order valence-corrected chi connectivity index (χ2v) is 8.83. The Morgan fingerprint density at radius 1 is 1.28 bits per heavy atom. The fourth-order valence-electron chi connectivity index (χ4n) is 2.80. The fourth-order valence-corrected chi connectivity index (χ4v) is 3.93. The van der Waals surface area contributed by atoms with Crippen molar-refractivity contribution in [3.8, 4) is 5.75 Å². The van der Waals surface area contributed by atoms with Crippen molar-refractivity contribution in [3.05, 3.63) is 58.6 Å². The summed E-state index contributed by atoms with van der Waals surface area (Å²) in [5.41, 5.74) is 2.12. The number of benzene rings is 2. The van der Waals surface area contributed by atoms with Crippen LogP contribution in [0.2, 0.25) is 5.02 Å². The van der Waals surface area contributed by atoms with Crippen molar-refractivity contribution in [1.82, 2.24) is 9.21 Å². The van der Waals surface area contributed by atoms with Crippen molar-refractivity contribution in [1.29, 1.82) is 0 Å². The Morgan fingerprint density at radius 2 is 2.08 bits per heavy atom. The first-order valence-corrected chi connectivity index (χ1v) is 9.83. The van der Waals surface area contributed by atoms with Gasteiger partial charge in [0.1, 0.15) is 12.4 Å². The first-order chi connectivity index (χ1) is 11.9. The Hall–Kier alpha value is -1.44. The summed E-state index contributed by atoms with van der Waals surface area (Å²) in [6, 6.07) is 12.9. The monoisotopic (exact) mass is 380 g/mol. The summed E-state index contributed by atoms with van der Waals surface area (Å²) < 4.78 is 31.6. The molecule has 1 aliphatic rings. The maximum absolute atomic E-state index is 12.3. The molecule has 1 unspecified atom stereocenters. The maximum Gasteiger partial charge on any atom is 0.179 e. The Morgan fingerprint density at radius 3 is 2.80 bits per heavy atom. The van der Waals surface area contributed by atoms with E-state index in [0.717, 1.165) is 29.2 Å². The molecule has 0 bridgehead atoms. The van der Waals surface area contributed by atoms with Crippen molar-refractivity contribution in [2.24, 2.45) is 0 Å². The zero-order valence-electron chi connectivity index (χ0n) is 14.3. The van der Waals surface area contributed by atoms with Crippen LogP contribution in [0.15, 0.2) is 47.4 Å². The van der Waals surface area contributed by atoms with Gasteiger partial charge in [-0.25, -0.2) is 0 Å². The molecule has 0 radical (unpaired) electrons. The van der Waals surface area contributed by atoms with E-state index in [4.69, 9.17) is 16.3 Å². The van der Waals surface area contributed by atoms with Crippen LogP contribution in [0.3, 0.4) is 0 Å². The summed E-state index contributed by atoms with van der Waals surface area (Å²) in [5, 5.41) is 0.725. The highest BCUT2D eigenvalue weighted by Gasteiger charge is 2.26. The van der Waals surface area contributed by atoms with Gasteiger partial charge < -0.3 is 9.29 Å². The predicted octanol–water partition coefficient (Wildman–Crippen LogP) is 3.20. The number of hydrogen-bond donors (Lipinski definition) is 0. The van der Waals surface area contributed by atoms with E-state index >= 15 is 0 Å². The van der Waals surface area contributed by atoms with Crippen molar-refractivity contribution >= 4 is 22.0 Å². The summed E-state index contributed by atoms with van der Waals surface area (Å²) in [6.45, 7) is 2.74. The van der Waals surface area contributed by atoms with Gasteiger partial charge in [0.15, 0.2) is 15.3 Å². The van der Waals surface area contributed by atoms with Gasteiger partial charge in [-0.2, -0.15) is 0 Å². The standard InChI is InChI=1S/C18H21ClN2O3S/c1-20(2)25(22,23)17-7-6-15-13-21(8-9-24-18(15)11-17)12-14-4-3-5-16(19)10-14/h3-7,10-11H,8-9,12-13H2,1-2H3. The fraction of sp³-hybridized carbons (Fsp3) is 0.333. The van der Waals surface area contributed by atoms with Gasteiger partial charge in [-0.15, -0.1) is 4.31 Å². The van der Waals surface area contributed by atoms with Crippen LogP contribution < -0.4 is 4.74 Å². The number of halogens is 1. The molecule has 0 amide bonds. The number of sulfonamides is 1. The zero-order chi connectivity index (χ0) is 18.0. The van der Waals surface area contributed by atoms with Crippen molar-refractivity contribution < 1.29 is 13.5 Å². The van der Waals surface area contributed by atoms with Crippen LogP contribution in [0.5, 0.6) is 5.75 Å². The molecule has 0 aliphatic carbocycles. The minimum atomic E-state index is -3.46. The van der Waals surface area contributed by atoms with Gasteiger partial charge in [0, 0.05) is 50.4 Å². The largest absolute Gasteiger partial charge is 0.593 e. The molecule has 1 atom stereocenters. The summed E-state index contributed by atoms with van der Waals surface area (Å²) >= 11 is 6.06. The SMILES string of the molecule is CN(C)[S+](=O)([O-])c1ccc2c(c1)OCCN(Cc1cccc(Cl)c1)C2. The molecule has 5 nitrogen and oxygen atoms in total. The van der Waals surface area contributed by atoms with E-state index in [0.29, 0.717) is 18.9 Å². The van der Waals surface area contributed by atoms with Crippen LogP contribution in [0.1, 0.15) is 11.1 Å². The third-order valence-electron chi connectivity index (χ3n) is 4.17. The number of rotatable bonds is 4. The number of fused-ring (bicyclic) bond motifs is 1. The topological polar surface area (TPSA) is 55.8 Å². The number of hydrogen-bond acceptors (Lipinski definition) is 4.